The topological polar surface area (TPSA) is 92.7 Å². The Morgan fingerprint density at radius 2 is 2.07 bits per heavy atom. The molecule has 9 heteroatoms. The number of carbonyl (C=O) groups is 1. The van der Waals surface area contributed by atoms with Gasteiger partial charge in [0.2, 0.25) is 5.95 Å². The number of anilines is 1. The standard InChI is InChI=1S/C21H20ClFN6O/c1-24-19(30)14-5-2-4-13(8-14)17-11-26-20(29-28-17)27-12-21(9-15(23)10-21)18-16(22)6-3-7-25-18/h2-8,11,15H,9-10,12H2,1H3,(H,24,30)(H,26,27,29)/t15-,21-. The Bertz CT molecular complexity index is 1060. The van der Waals surface area contributed by atoms with Gasteiger partial charge in [0.15, 0.2) is 0 Å². The zero-order valence-corrected chi connectivity index (χ0v) is 17.0. The molecule has 0 bridgehead atoms. The van der Waals surface area contributed by atoms with Crippen molar-refractivity contribution in [2.24, 2.45) is 0 Å². The van der Waals surface area contributed by atoms with E-state index in [0.29, 0.717) is 47.3 Å². The van der Waals surface area contributed by atoms with E-state index in [1.165, 1.54) is 0 Å². The van der Waals surface area contributed by atoms with Gasteiger partial charge in [-0.15, -0.1) is 10.2 Å². The van der Waals surface area contributed by atoms with Crippen LogP contribution in [0.4, 0.5) is 10.3 Å². The van der Waals surface area contributed by atoms with Crippen molar-refractivity contribution in [2.75, 3.05) is 18.9 Å². The number of carbonyl (C=O) groups excluding carboxylic acids is 1. The van der Waals surface area contributed by atoms with Gasteiger partial charge in [-0.1, -0.05) is 23.7 Å². The Kier molecular flexibility index (Phi) is 5.59. The summed E-state index contributed by atoms with van der Waals surface area (Å²) in [5.74, 6) is 0.149. The molecule has 2 N–H and O–H groups in total. The molecule has 154 valence electrons. The lowest BCUT2D eigenvalue weighted by Crippen LogP contribution is -2.48. The van der Waals surface area contributed by atoms with Gasteiger partial charge in [0.05, 0.1) is 16.9 Å². The van der Waals surface area contributed by atoms with Crippen molar-refractivity contribution < 1.29 is 9.18 Å². The number of aromatic nitrogens is 4. The van der Waals surface area contributed by atoms with E-state index in [4.69, 9.17) is 11.6 Å². The maximum Gasteiger partial charge on any atom is 0.251 e. The first-order chi connectivity index (χ1) is 14.5. The number of alkyl halides is 1. The smallest absolute Gasteiger partial charge is 0.251 e. The molecule has 1 aliphatic carbocycles. The molecular weight excluding hydrogens is 407 g/mol. The Labute approximate surface area is 178 Å². The molecule has 4 rings (SSSR count). The second-order valence-electron chi connectivity index (χ2n) is 7.30. The fourth-order valence-electron chi connectivity index (χ4n) is 3.69. The SMILES string of the molecule is CNC(=O)c1cccc(-c2cnc(NC[C@]3(c4ncccc4Cl)C[C@H](F)C3)nn2)c1. The summed E-state index contributed by atoms with van der Waals surface area (Å²) in [5.41, 5.74) is 1.99. The number of benzene rings is 1. The third-order valence-corrected chi connectivity index (χ3v) is 5.58. The number of nitrogens with zero attached hydrogens (tertiary/aromatic N) is 4. The fourth-order valence-corrected chi connectivity index (χ4v) is 4.01. The Hall–Kier alpha value is -3.13. The number of halogens is 2. The van der Waals surface area contributed by atoms with Gasteiger partial charge in [-0.3, -0.25) is 9.78 Å². The lowest BCUT2D eigenvalue weighted by atomic mass is 9.65. The summed E-state index contributed by atoms with van der Waals surface area (Å²) in [6.07, 6.45) is 3.05. The molecule has 3 aromatic rings. The molecule has 0 saturated heterocycles. The molecule has 0 spiro atoms. The predicted octanol–water partition coefficient (Wildman–Crippen LogP) is 3.43. The van der Waals surface area contributed by atoms with E-state index in [9.17, 15) is 9.18 Å². The minimum Gasteiger partial charge on any atom is -0.355 e. The van der Waals surface area contributed by atoms with Crippen LogP contribution in [-0.2, 0) is 5.41 Å². The molecule has 0 atom stereocenters. The first-order valence-corrected chi connectivity index (χ1v) is 9.90. The highest BCUT2D eigenvalue weighted by molar-refractivity contribution is 6.31. The highest BCUT2D eigenvalue weighted by atomic mass is 35.5. The summed E-state index contributed by atoms with van der Waals surface area (Å²) in [4.78, 5) is 20.5. The van der Waals surface area contributed by atoms with Crippen molar-refractivity contribution in [3.05, 3.63) is 65.1 Å². The minimum absolute atomic E-state index is 0.179. The van der Waals surface area contributed by atoms with Crippen LogP contribution in [-0.4, -0.2) is 45.8 Å². The molecule has 1 amide bonds. The van der Waals surface area contributed by atoms with Gasteiger partial charge >= 0.3 is 0 Å². The van der Waals surface area contributed by atoms with Gasteiger partial charge < -0.3 is 10.6 Å². The molecular formula is C21H20ClFN6O. The number of hydrogen-bond acceptors (Lipinski definition) is 6. The van der Waals surface area contributed by atoms with Crippen LogP contribution in [0.2, 0.25) is 5.02 Å². The molecule has 0 radical (unpaired) electrons. The molecule has 1 fully saturated rings. The van der Waals surface area contributed by atoms with Crippen LogP contribution in [0.15, 0.2) is 48.8 Å². The maximum atomic E-state index is 13.7. The molecule has 1 aliphatic rings. The molecule has 7 nitrogen and oxygen atoms in total. The van der Waals surface area contributed by atoms with Crippen molar-refractivity contribution in [1.29, 1.82) is 0 Å². The van der Waals surface area contributed by atoms with E-state index in [1.54, 1.807) is 49.8 Å². The van der Waals surface area contributed by atoms with Crippen molar-refractivity contribution in [2.45, 2.75) is 24.4 Å². The summed E-state index contributed by atoms with van der Waals surface area (Å²) < 4.78 is 13.7. The first-order valence-electron chi connectivity index (χ1n) is 9.52. The lowest BCUT2D eigenvalue weighted by Gasteiger charge is -2.44. The zero-order chi connectivity index (χ0) is 21.1. The molecule has 2 aromatic heterocycles. The van der Waals surface area contributed by atoms with Crippen LogP contribution in [0, 0.1) is 0 Å². The number of pyridine rings is 1. The zero-order valence-electron chi connectivity index (χ0n) is 16.3. The highest BCUT2D eigenvalue weighted by Gasteiger charge is 2.48. The molecule has 0 unspecified atom stereocenters. The minimum atomic E-state index is -0.876. The van der Waals surface area contributed by atoms with Crippen LogP contribution in [0.25, 0.3) is 11.3 Å². The number of rotatable bonds is 6. The average Bonchev–Trinajstić information content (AvgIpc) is 2.76. The van der Waals surface area contributed by atoms with Gasteiger partial charge in [-0.05, 0) is 37.1 Å². The average molecular weight is 427 g/mol. The summed E-state index contributed by atoms with van der Waals surface area (Å²) in [6.45, 7) is 0.400. The Balaban J connectivity index is 1.49. The van der Waals surface area contributed by atoms with Crippen molar-refractivity contribution in [3.63, 3.8) is 0 Å². The van der Waals surface area contributed by atoms with Crippen molar-refractivity contribution in [1.82, 2.24) is 25.5 Å². The van der Waals surface area contributed by atoms with E-state index in [2.05, 4.69) is 30.8 Å². The van der Waals surface area contributed by atoms with E-state index >= 15 is 0 Å². The van der Waals surface area contributed by atoms with Crippen molar-refractivity contribution >= 4 is 23.5 Å². The van der Waals surface area contributed by atoms with Crippen LogP contribution in [0.3, 0.4) is 0 Å². The van der Waals surface area contributed by atoms with E-state index in [-0.39, 0.29) is 5.91 Å². The quantitative estimate of drug-likeness (QED) is 0.627. The summed E-state index contributed by atoms with van der Waals surface area (Å²) >= 11 is 6.30. The van der Waals surface area contributed by atoms with Gasteiger partial charge in [-0.25, -0.2) is 9.37 Å². The number of amides is 1. The second-order valence-corrected chi connectivity index (χ2v) is 7.71. The summed E-state index contributed by atoms with van der Waals surface area (Å²) in [7, 11) is 1.58. The summed E-state index contributed by atoms with van der Waals surface area (Å²) in [6, 6.07) is 10.6. The van der Waals surface area contributed by atoms with E-state index in [0.717, 1.165) is 5.56 Å². The fraction of sp³-hybridized carbons (Fsp3) is 0.286. The van der Waals surface area contributed by atoms with E-state index in [1.807, 2.05) is 6.07 Å². The molecule has 2 heterocycles. The Morgan fingerprint density at radius 1 is 1.23 bits per heavy atom. The Morgan fingerprint density at radius 3 is 2.73 bits per heavy atom. The monoisotopic (exact) mass is 426 g/mol. The maximum absolute atomic E-state index is 13.7. The predicted molar refractivity (Wildman–Crippen MR) is 112 cm³/mol. The molecule has 1 saturated carbocycles. The number of nitrogens with one attached hydrogen (secondary N) is 2. The van der Waals surface area contributed by atoms with Gasteiger partial charge in [0.1, 0.15) is 11.9 Å². The number of hydrogen-bond donors (Lipinski definition) is 2. The van der Waals surface area contributed by atoms with Crippen molar-refractivity contribution in [3.8, 4) is 11.3 Å². The third kappa shape index (κ3) is 3.95. The lowest BCUT2D eigenvalue weighted by molar-refractivity contribution is 0.0962. The summed E-state index contributed by atoms with van der Waals surface area (Å²) in [5, 5.41) is 14.6. The molecule has 30 heavy (non-hydrogen) atoms. The van der Waals surface area contributed by atoms with Crippen LogP contribution < -0.4 is 10.6 Å². The molecule has 0 aliphatic heterocycles. The van der Waals surface area contributed by atoms with Gasteiger partial charge in [0, 0.05) is 36.3 Å². The second kappa shape index (κ2) is 8.31. The molecule has 1 aromatic carbocycles. The largest absolute Gasteiger partial charge is 0.355 e. The highest BCUT2D eigenvalue weighted by Crippen LogP contribution is 2.46. The van der Waals surface area contributed by atoms with E-state index < -0.39 is 11.6 Å². The third-order valence-electron chi connectivity index (χ3n) is 5.28. The first kappa shape index (κ1) is 20.2. The van der Waals surface area contributed by atoms with Crippen LogP contribution in [0.5, 0.6) is 0 Å². The normalized spacial score (nSPS) is 20.3. The van der Waals surface area contributed by atoms with Gasteiger partial charge in [-0.2, -0.15) is 0 Å². The van der Waals surface area contributed by atoms with Crippen LogP contribution >= 0.6 is 11.6 Å². The van der Waals surface area contributed by atoms with Gasteiger partial charge in [0.25, 0.3) is 5.91 Å². The van der Waals surface area contributed by atoms with Crippen LogP contribution in [0.1, 0.15) is 28.9 Å².